The first-order chi connectivity index (χ1) is 37.7. The molecule has 3 aliphatic heterocycles. The van der Waals surface area contributed by atoms with Crippen LogP contribution in [0, 0.1) is 0 Å². The summed E-state index contributed by atoms with van der Waals surface area (Å²) in [6.45, 7) is 2.41. The number of primary amides is 1. The quantitative estimate of drug-likeness (QED) is 0.0552. The van der Waals surface area contributed by atoms with E-state index in [1.54, 1.807) is 18.2 Å². The van der Waals surface area contributed by atoms with Crippen LogP contribution in [0.15, 0.2) is 83.4 Å². The largest absolute Gasteiger partial charge is 0.508 e. The monoisotopic (exact) mass is 1100 g/mol. The maximum absolute atomic E-state index is 14.4. The minimum atomic E-state index is -2.55. The minimum absolute atomic E-state index is 0.0374. The lowest BCUT2D eigenvalue weighted by Gasteiger charge is -2.34. The standard InChI is InChI=1S/C53H65N9O17/c1-3-4-5-22-78-33-16-12-28(13-17-33)38-24-35(60-79-38)27-6-8-30(9-7-27)47(71)56-34-18-20-55-51(75)42-37(66)19-21-61(42)53(77)41(45(69)46(54)70)59-50(74)40(44(68)43(67)29-10-14-31(64)15-11-29)58-49(73)36-23-32(65)25-62(36)52(76)39(26(2)63)57-48(34)72/h6-17,24,26,32,34,36-37,39-45,63-69H,3-5,18-23,25H2,1-2H3,(H2,54,70)(H,55,75)(H,56,71)(H,57,72)(H,58,73)(H,59,74)/t26-,32-,34+,36+,37+,39+,40+,41+,42?,43+,44+,45+/m1/s1. The Morgan fingerprint density at radius 2 is 1.44 bits per heavy atom. The van der Waals surface area contributed by atoms with Gasteiger partial charge in [-0.25, -0.2) is 0 Å². The molecule has 4 heterocycles. The first-order valence-corrected chi connectivity index (χ1v) is 25.7. The van der Waals surface area contributed by atoms with E-state index in [1.807, 2.05) is 24.3 Å². The minimum Gasteiger partial charge on any atom is -0.508 e. The molecular formula is C53H65N9O17. The van der Waals surface area contributed by atoms with Crippen LogP contribution < -0.4 is 37.1 Å². The fourth-order valence-electron chi connectivity index (χ4n) is 9.49. The summed E-state index contributed by atoms with van der Waals surface area (Å²) in [6, 6.07) is 7.97. The molecule has 7 rings (SSSR count). The van der Waals surface area contributed by atoms with Gasteiger partial charge in [0.15, 0.2) is 11.9 Å². The third-order valence-electron chi connectivity index (χ3n) is 13.9. The molecule has 424 valence electrons. The molecule has 3 saturated heterocycles. The molecule has 3 fully saturated rings. The highest BCUT2D eigenvalue weighted by atomic mass is 16.5. The predicted octanol–water partition coefficient (Wildman–Crippen LogP) is -2.40. The molecule has 26 nitrogen and oxygen atoms in total. The Hall–Kier alpha value is -8.01. The van der Waals surface area contributed by atoms with Gasteiger partial charge >= 0.3 is 0 Å². The number of benzene rings is 3. The number of carbonyl (C=O) groups excluding carboxylic acids is 8. The van der Waals surface area contributed by atoms with Gasteiger partial charge in [0, 0.05) is 48.8 Å². The van der Waals surface area contributed by atoms with Crippen LogP contribution in [0.2, 0.25) is 0 Å². The van der Waals surface area contributed by atoms with Gasteiger partial charge in [-0.2, -0.15) is 0 Å². The number of rotatable bonds is 15. The van der Waals surface area contributed by atoms with Crippen molar-refractivity contribution in [2.24, 2.45) is 5.73 Å². The van der Waals surface area contributed by atoms with Crippen molar-refractivity contribution < 1.29 is 83.4 Å². The van der Waals surface area contributed by atoms with E-state index in [2.05, 4.69) is 38.7 Å². The van der Waals surface area contributed by atoms with E-state index in [-0.39, 0.29) is 23.3 Å². The number of nitrogens with one attached hydrogen (secondary N) is 5. The number of aromatic nitrogens is 1. The number of amides is 8. The highest BCUT2D eigenvalue weighted by molar-refractivity contribution is 6.01. The summed E-state index contributed by atoms with van der Waals surface area (Å²) >= 11 is 0. The summed E-state index contributed by atoms with van der Waals surface area (Å²) in [5.74, 6) is -8.86. The molecular weight excluding hydrogens is 1030 g/mol. The molecule has 0 spiro atoms. The second-order valence-electron chi connectivity index (χ2n) is 19.6. The smallest absolute Gasteiger partial charge is 0.251 e. The van der Waals surface area contributed by atoms with E-state index in [9.17, 15) is 74.1 Å². The van der Waals surface area contributed by atoms with Gasteiger partial charge in [0.1, 0.15) is 65.7 Å². The first-order valence-electron chi connectivity index (χ1n) is 25.7. The van der Waals surface area contributed by atoms with Crippen LogP contribution in [0.1, 0.15) is 74.4 Å². The van der Waals surface area contributed by atoms with Crippen molar-refractivity contribution in [3.8, 4) is 34.1 Å². The van der Waals surface area contributed by atoms with Crippen molar-refractivity contribution in [2.75, 3.05) is 26.2 Å². The first kappa shape index (κ1) is 58.7. The van der Waals surface area contributed by atoms with Crippen molar-refractivity contribution in [1.82, 2.24) is 41.5 Å². The van der Waals surface area contributed by atoms with Crippen LogP contribution in [0.5, 0.6) is 11.5 Å². The number of hydrogen-bond acceptors (Lipinski definition) is 18. The van der Waals surface area contributed by atoms with Crippen LogP contribution in [0.25, 0.3) is 22.6 Å². The summed E-state index contributed by atoms with van der Waals surface area (Å²) in [5, 5.41) is 92.5. The van der Waals surface area contributed by atoms with Crippen LogP contribution in [0.4, 0.5) is 0 Å². The van der Waals surface area contributed by atoms with E-state index in [1.165, 1.54) is 12.1 Å². The van der Waals surface area contributed by atoms with Crippen molar-refractivity contribution in [1.29, 1.82) is 0 Å². The number of aromatic hydroxyl groups is 1. The highest BCUT2D eigenvalue weighted by Gasteiger charge is 2.49. The number of hydrogen-bond donors (Lipinski definition) is 13. The van der Waals surface area contributed by atoms with Gasteiger partial charge in [-0.05, 0) is 80.3 Å². The topological polar surface area (TPSA) is 406 Å². The lowest BCUT2D eigenvalue weighted by atomic mass is 9.96. The number of aliphatic hydroxyl groups excluding tert-OH is 6. The molecule has 0 radical (unpaired) electrons. The Bertz CT molecular complexity index is 2830. The second kappa shape index (κ2) is 26.1. The Labute approximate surface area is 452 Å². The fourth-order valence-corrected chi connectivity index (χ4v) is 9.49. The molecule has 0 aliphatic carbocycles. The number of nitrogens with two attached hydrogens (primary N) is 1. The SMILES string of the molecule is CCCCCOc1ccc(-c2cc(-c3ccc(C(=O)N[C@H]4CCNC(=O)C5[C@@H](O)CCN5C(=O)[C@H]([C@H](O)C(N)=O)NC(=O)[C@H]([C@H](O)[C@@H](O)c5ccc(O)cc5)NC(=O)[C@@H]5C[C@@H](O)CN5C(=O)[C@H]([C@@H](C)O)NC4=O)cc3)no2)cc1. The lowest BCUT2D eigenvalue weighted by Crippen LogP contribution is -2.65. The zero-order valence-electron chi connectivity index (χ0n) is 43.1. The second-order valence-corrected chi connectivity index (χ2v) is 19.6. The van der Waals surface area contributed by atoms with Gasteiger partial charge in [0.05, 0.1) is 24.9 Å². The lowest BCUT2D eigenvalue weighted by molar-refractivity contribution is -0.150. The molecule has 8 amide bonds. The zero-order chi connectivity index (χ0) is 57.2. The van der Waals surface area contributed by atoms with Gasteiger partial charge in [-0.1, -0.05) is 49.2 Å². The van der Waals surface area contributed by atoms with Crippen molar-refractivity contribution in [3.05, 3.63) is 90.0 Å². The Morgan fingerprint density at radius 1 is 0.797 bits per heavy atom. The van der Waals surface area contributed by atoms with Crippen molar-refractivity contribution in [2.45, 2.75) is 125 Å². The summed E-state index contributed by atoms with van der Waals surface area (Å²) in [7, 11) is 0. The van der Waals surface area contributed by atoms with E-state index < -0.39 is 153 Å². The normalized spacial score (nSPS) is 25.1. The van der Waals surface area contributed by atoms with Gasteiger partial charge in [-0.15, -0.1) is 0 Å². The third-order valence-corrected chi connectivity index (χ3v) is 13.9. The maximum Gasteiger partial charge on any atom is 0.251 e. The number of aliphatic hydroxyl groups is 6. The Kier molecular flexibility index (Phi) is 19.4. The summed E-state index contributed by atoms with van der Waals surface area (Å²) in [5.41, 5.74) is 7.04. The number of fused-ring (bicyclic) bond motifs is 2. The molecule has 0 saturated carbocycles. The van der Waals surface area contributed by atoms with Crippen molar-refractivity contribution >= 4 is 47.3 Å². The van der Waals surface area contributed by atoms with Gasteiger partial charge in [0.2, 0.25) is 41.4 Å². The number of carbonyl (C=O) groups is 8. The molecule has 14 N–H and O–H groups in total. The van der Waals surface area contributed by atoms with E-state index in [0.717, 1.165) is 65.8 Å². The molecule has 3 aromatic carbocycles. The Morgan fingerprint density at radius 3 is 2.10 bits per heavy atom. The molecule has 26 heteroatoms. The number of ether oxygens (including phenoxy) is 1. The average molecular weight is 1100 g/mol. The number of phenolic OH excluding ortho intramolecular Hbond substituents is 1. The molecule has 0 bridgehead atoms. The fraction of sp³-hybridized carbons (Fsp3) is 0.453. The average Bonchev–Trinajstić information content (AvgIpc) is 4.28. The molecule has 79 heavy (non-hydrogen) atoms. The van der Waals surface area contributed by atoms with Crippen LogP contribution in [-0.4, -0.2) is 191 Å². The number of phenols is 1. The van der Waals surface area contributed by atoms with Crippen LogP contribution in [0.3, 0.4) is 0 Å². The summed E-state index contributed by atoms with van der Waals surface area (Å²) in [6.07, 6.45) is -9.80. The van der Waals surface area contributed by atoms with Crippen LogP contribution in [-0.2, 0) is 33.6 Å². The number of nitrogens with zero attached hydrogens (tertiary/aromatic N) is 3. The number of unbranched alkanes of at least 4 members (excludes halogenated alkanes) is 2. The maximum atomic E-state index is 14.4. The summed E-state index contributed by atoms with van der Waals surface area (Å²) < 4.78 is 11.4. The highest BCUT2D eigenvalue weighted by Crippen LogP contribution is 2.29. The van der Waals surface area contributed by atoms with Crippen LogP contribution >= 0.6 is 0 Å². The van der Waals surface area contributed by atoms with E-state index in [4.69, 9.17) is 15.0 Å². The zero-order valence-corrected chi connectivity index (χ0v) is 43.1. The van der Waals surface area contributed by atoms with E-state index >= 15 is 0 Å². The van der Waals surface area contributed by atoms with E-state index in [0.29, 0.717) is 29.4 Å². The Balaban J connectivity index is 1.17. The van der Waals surface area contributed by atoms with Gasteiger partial charge in [0.25, 0.3) is 5.91 Å². The summed E-state index contributed by atoms with van der Waals surface area (Å²) in [4.78, 5) is 113. The molecule has 12 atom stereocenters. The third kappa shape index (κ3) is 14.0. The molecule has 3 aliphatic rings. The molecule has 1 aromatic heterocycles. The van der Waals surface area contributed by atoms with Gasteiger partial charge in [-0.3, -0.25) is 38.4 Å². The van der Waals surface area contributed by atoms with Gasteiger partial charge < -0.3 is 87.1 Å². The molecule has 1 unspecified atom stereocenters. The molecule has 4 aromatic rings. The predicted molar refractivity (Wildman–Crippen MR) is 275 cm³/mol. The van der Waals surface area contributed by atoms with Crippen molar-refractivity contribution in [3.63, 3.8) is 0 Å².